The number of aryl methyl sites for hydroxylation is 1. The monoisotopic (exact) mass is 225 g/mol. The molecule has 2 rings (SSSR count). The van der Waals surface area contributed by atoms with Crippen LogP contribution in [0.4, 0.5) is 0 Å². The lowest BCUT2D eigenvalue weighted by Crippen LogP contribution is -2.04. The molecule has 1 aromatic heterocycles. The molecule has 0 spiro atoms. The van der Waals surface area contributed by atoms with Crippen LogP contribution in [-0.2, 0) is 6.54 Å². The molecule has 0 saturated heterocycles. The van der Waals surface area contributed by atoms with E-state index in [1.54, 1.807) is 6.08 Å². The number of nitrogens with zero attached hydrogens (tertiary/aromatic N) is 1. The van der Waals surface area contributed by atoms with E-state index in [-0.39, 0.29) is 5.78 Å². The standard InChI is InChI=1S/C15H15NO/c1-2-16-12-6-9-14(16)15(17)11-10-13-7-4-3-5-8-13/h3-12H,2H2,1H3/b11-10+. The summed E-state index contributed by atoms with van der Waals surface area (Å²) in [6, 6.07) is 13.6. The third-order valence-corrected chi connectivity index (χ3v) is 2.65. The number of hydrogen-bond donors (Lipinski definition) is 0. The van der Waals surface area contributed by atoms with Crippen LogP contribution in [0.5, 0.6) is 0 Å². The van der Waals surface area contributed by atoms with Gasteiger partial charge >= 0.3 is 0 Å². The second kappa shape index (κ2) is 5.30. The Kier molecular flexibility index (Phi) is 3.55. The van der Waals surface area contributed by atoms with E-state index in [9.17, 15) is 4.79 Å². The fourth-order valence-electron chi connectivity index (χ4n) is 1.73. The summed E-state index contributed by atoms with van der Waals surface area (Å²) in [4.78, 5) is 12.0. The van der Waals surface area contributed by atoms with Crippen molar-refractivity contribution in [3.05, 3.63) is 66.0 Å². The first-order valence-corrected chi connectivity index (χ1v) is 5.74. The molecule has 0 atom stereocenters. The topological polar surface area (TPSA) is 22.0 Å². The van der Waals surface area contributed by atoms with E-state index < -0.39 is 0 Å². The molecule has 0 N–H and O–H groups in total. The molecule has 2 aromatic rings. The second-order valence-corrected chi connectivity index (χ2v) is 3.79. The van der Waals surface area contributed by atoms with Crippen molar-refractivity contribution in [2.45, 2.75) is 13.5 Å². The van der Waals surface area contributed by atoms with Crippen LogP contribution in [0.2, 0.25) is 0 Å². The third-order valence-electron chi connectivity index (χ3n) is 2.65. The van der Waals surface area contributed by atoms with Gasteiger partial charge in [0.25, 0.3) is 0 Å². The molecule has 0 radical (unpaired) electrons. The Morgan fingerprint density at radius 3 is 2.65 bits per heavy atom. The molecule has 86 valence electrons. The van der Waals surface area contributed by atoms with Gasteiger partial charge in [0.2, 0.25) is 5.78 Å². The quantitative estimate of drug-likeness (QED) is 0.577. The maximum Gasteiger partial charge on any atom is 0.202 e. The third kappa shape index (κ3) is 2.72. The van der Waals surface area contributed by atoms with Gasteiger partial charge in [0, 0.05) is 12.7 Å². The summed E-state index contributed by atoms with van der Waals surface area (Å²) >= 11 is 0. The van der Waals surface area contributed by atoms with E-state index in [0.29, 0.717) is 0 Å². The van der Waals surface area contributed by atoms with Crippen molar-refractivity contribution < 1.29 is 4.79 Å². The Labute approximate surface area is 101 Å². The highest BCUT2D eigenvalue weighted by Crippen LogP contribution is 2.07. The zero-order valence-corrected chi connectivity index (χ0v) is 9.84. The van der Waals surface area contributed by atoms with Gasteiger partial charge in [0.15, 0.2) is 0 Å². The Hall–Kier alpha value is -2.09. The highest BCUT2D eigenvalue weighted by atomic mass is 16.1. The maximum atomic E-state index is 12.0. The van der Waals surface area contributed by atoms with E-state index >= 15 is 0 Å². The van der Waals surface area contributed by atoms with Gasteiger partial charge in [-0.1, -0.05) is 36.4 Å². The normalized spacial score (nSPS) is 10.9. The Morgan fingerprint density at radius 1 is 1.18 bits per heavy atom. The Morgan fingerprint density at radius 2 is 1.94 bits per heavy atom. The average Bonchev–Trinajstić information content (AvgIpc) is 2.85. The number of carbonyl (C=O) groups excluding carboxylic acids is 1. The summed E-state index contributed by atoms with van der Waals surface area (Å²) in [5.41, 5.74) is 1.77. The molecule has 0 aliphatic heterocycles. The average molecular weight is 225 g/mol. The van der Waals surface area contributed by atoms with Crippen molar-refractivity contribution in [2.75, 3.05) is 0 Å². The number of ketones is 1. The minimum Gasteiger partial charge on any atom is -0.345 e. The van der Waals surface area contributed by atoms with E-state index in [4.69, 9.17) is 0 Å². The summed E-state index contributed by atoms with van der Waals surface area (Å²) in [5.74, 6) is 0.0423. The van der Waals surface area contributed by atoms with Crippen molar-refractivity contribution >= 4 is 11.9 Å². The first kappa shape index (κ1) is 11.4. The first-order chi connectivity index (χ1) is 8.31. The molecule has 0 saturated carbocycles. The largest absolute Gasteiger partial charge is 0.345 e. The minimum absolute atomic E-state index is 0.0423. The number of aromatic nitrogens is 1. The van der Waals surface area contributed by atoms with Gasteiger partial charge in [-0.3, -0.25) is 4.79 Å². The van der Waals surface area contributed by atoms with Crippen LogP contribution in [0, 0.1) is 0 Å². The second-order valence-electron chi connectivity index (χ2n) is 3.79. The van der Waals surface area contributed by atoms with Crippen LogP contribution in [0.25, 0.3) is 6.08 Å². The van der Waals surface area contributed by atoms with E-state index in [1.807, 2.05) is 66.2 Å². The number of hydrogen-bond acceptors (Lipinski definition) is 1. The van der Waals surface area contributed by atoms with Crippen LogP contribution >= 0.6 is 0 Å². The molecule has 0 aliphatic rings. The Balaban J connectivity index is 2.15. The number of rotatable bonds is 4. The zero-order valence-electron chi connectivity index (χ0n) is 9.84. The summed E-state index contributed by atoms with van der Waals surface area (Å²) in [6.45, 7) is 2.84. The fourth-order valence-corrected chi connectivity index (χ4v) is 1.73. The van der Waals surface area contributed by atoms with Crippen molar-refractivity contribution in [1.82, 2.24) is 4.57 Å². The molecule has 1 aromatic carbocycles. The smallest absolute Gasteiger partial charge is 0.202 e. The van der Waals surface area contributed by atoms with Crippen molar-refractivity contribution in [3.63, 3.8) is 0 Å². The molecule has 2 nitrogen and oxygen atoms in total. The van der Waals surface area contributed by atoms with Gasteiger partial charge in [-0.25, -0.2) is 0 Å². The van der Waals surface area contributed by atoms with Gasteiger partial charge in [-0.15, -0.1) is 0 Å². The number of benzene rings is 1. The van der Waals surface area contributed by atoms with Gasteiger partial charge < -0.3 is 4.57 Å². The van der Waals surface area contributed by atoms with Gasteiger partial charge in [0.05, 0.1) is 5.69 Å². The molecule has 2 heteroatoms. The highest BCUT2D eigenvalue weighted by Gasteiger charge is 2.05. The van der Waals surface area contributed by atoms with Crippen LogP contribution in [-0.4, -0.2) is 10.4 Å². The fraction of sp³-hybridized carbons (Fsp3) is 0.133. The van der Waals surface area contributed by atoms with E-state index in [0.717, 1.165) is 17.8 Å². The molecule has 0 amide bonds. The summed E-state index contributed by atoms with van der Waals surface area (Å²) < 4.78 is 1.94. The van der Waals surface area contributed by atoms with Crippen LogP contribution in [0.3, 0.4) is 0 Å². The molecule has 0 fully saturated rings. The van der Waals surface area contributed by atoms with Crippen LogP contribution < -0.4 is 0 Å². The highest BCUT2D eigenvalue weighted by molar-refractivity contribution is 6.05. The molecule has 0 bridgehead atoms. The molecule has 0 unspecified atom stereocenters. The van der Waals surface area contributed by atoms with Crippen molar-refractivity contribution in [3.8, 4) is 0 Å². The van der Waals surface area contributed by atoms with Crippen LogP contribution in [0.15, 0.2) is 54.7 Å². The predicted molar refractivity (Wildman–Crippen MR) is 69.9 cm³/mol. The molecule has 1 heterocycles. The predicted octanol–water partition coefficient (Wildman–Crippen LogP) is 3.40. The van der Waals surface area contributed by atoms with Gasteiger partial charge in [0.1, 0.15) is 0 Å². The lowest BCUT2D eigenvalue weighted by atomic mass is 10.2. The van der Waals surface area contributed by atoms with E-state index in [1.165, 1.54) is 0 Å². The van der Waals surface area contributed by atoms with Crippen molar-refractivity contribution in [1.29, 1.82) is 0 Å². The molecular formula is C15H15NO. The van der Waals surface area contributed by atoms with Gasteiger partial charge in [-0.2, -0.15) is 0 Å². The molecular weight excluding hydrogens is 210 g/mol. The van der Waals surface area contributed by atoms with Crippen molar-refractivity contribution in [2.24, 2.45) is 0 Å². The number of carbonyl (C=O) groups is 1. The van der Waals surface area contributed by atoms with E-state index in [2.05, 4.69) is 0 Å². The summed E-state index contributed by atoms with van der Waals surface area (Å²) in [5, 5.41) is 0. The lowest BCUT2D eigenvalue weighted by Gasteiger charge is -2.01. The maximum absolute atomic E-state index is 12.0. The van der Waals surface area contributed by atoms with Gasteiger partial charge in [-0.05, 0) is 30.7 Å². The zero-order chi connectivity index (χ0) is 12.1. The minimum atomic E-state index is 0.0423. The summed E-state index contributed by atoms with van der Waals surface area (Å²) in [7, 11) is 0. The van der Waals surface area contributed by atoms with Crippen LogP contribution in [0.1, 0.15) is 23.0 Å². The lowest BCUT2D eigenvalue weighted by molar-refractivity contribution is 0.103. The molecule has 17 heavy (non-hydrogen) atoms. The summed E-state index contributed by atoms with van der Waals surface area (Å²) in [6.07, 6.45) is 5.38. The molecule has 0 aliphatic carbocycles. The number of allylic oxidation sites excluding steroid dienone is 1. The SMILES string of the molecule is CCn1cccc1C(=O)/C=C/c1ccccc1. The Bertz CT molecular complexity index is 523. The first-order valence-electron chi connectivity index (χ1n) is 5.74.